The van der Waals surface area contributed by atoms with Crippen molar-refractivity contribution in [2.24, 2.45) is 0 Å². The van der Waals surface area contributed by atoms with Gasteiger partial charge in [-0.3, -0.25) is 4.79 Å². The van der Waals surface area contributed by atoms with Gasteiger partial charge in [-0.05, 0) is 52.3 Å². The molecule has 0 atom stereocenters. The Hall–Kier alpha value is -2.73. The largest absolute Gasteiger partial charge is 0.339 e. The van der Waals surface area contributed by atoms with Crippen molar-refractivity contribution < 1.29 is 4.79 Å². The monoisotopic (exact) mass is 368 g/mol. The van der Waals surface area contributed by atoms with Crippen LogP contribution in [0.3, 0.4) is 0 Å². The van der Waals surface area contributed by atoms with Crippen LogP contribution in [0.4, 0.5) is 17.2 Å². The second-order valence-corrected chi connectivity index (χ2v) is 5.61. The molecule has 3 rings (SSSR count). The number of nitrogens with zero attached hydrogens (tertiary/aromatic N) is 2. The fourth-order valence-corrected chi connectivity index (χ4v) is 2.50. The number of halogens is 1. The number of hydrogen-bond donors (Lipinski definition) is 2. The van der Waals surface area contributed by atoms with Gasteiger partial charge >= 0.3 is 0 Å². The van der Waals surface area contributed by atoms with Gasteiger partial charge in [0.2, 0.25) is 5.91 Å². The van der Waals surface area contributed by atoms with Crippen molar-refractivity contribution in [3.63, 3.8) is 0 Å². The smallest absolute Gasteiger partial charge is 0.247 e. The Labute approximate surface area is 141 Å². The van der Waals surface area contributed by atoms with Gasteiger partial charge in [0.05, 0.1) is 11.2 Å². The molecule has 3 aromatic rings. The average molecular weight is 369 g/mol. The Balaban J connectivity index is 2.02. The number of fused-ring (bicyclic) bond motifs is 1. The number of carbonyl (C=O) groups is 1. The number of hydrogen-bond acceptors (Lipinski definition) is 4. The first kappa shape index (κ1) is 15.2. The number of rotatable bonds is 4. The van der Waals surface area contributed by atoms with E-state index in [1.54, 1.807) is 6.07 Å². The molecule has 1 heterocycles. The van der Waals surface area contributed by atoms with Crippen molar-refractivity contribution >= 4 is 49.9 Å². The molecular weight excluding hydrogens is 356 g/mol. The molecule has 1 amide bonds. The third-order valence-corrected chi connectivity index (χ3v) is 3.91. The Morgan fingerprint density at radius 3 is 2.78 bits per heavy atom. The lowest BCUT2D eigenvalue weighted by atomic mass is 10.2. The third kappa shape index (κ3) is 3.37. The summed E-state index contributed by atoms with van der Waals surface area (Å²) in [4.78, 5) is 20.0. The summed E-state index contributed by atoms with van der Waals surface area (Å²) in [6.45, 7) is 3.45. The normalized spacial score (nSPS) is 10.3. The third-order valence-electron chi connectivity index (χ3n) is 3.22. The van der Waals surface area contributed by atoms with Gasteiger partial charge in [0.25, 0.3) is 0 Å². The molecule has 0 spiro atoms. The molecule has 1 aromatic heterocycles. The summed E-state index contributed by atoms with van der Waals surface area (Å²) < 4.78 is 0.933. The number of benzene rings is 2. The molecule has 23 heavy (non-hydrogen) atoms. The van der Waals surface area contributed by atoms with Crippen molar-refractivity contribution in [2.75, 3.05) is 10.6 Å². The SMILES string of the molecule is C=CC(=O)Nc1ccc2ncnc(Nc3ccccc3Br)c2c1. The minimum atomic E-state index is -0.262. The van der Waals surface area contributed by atoms with Crippen LogP contribution in [0.1, 0.15) is 0 Å². The van der Waals surface area contributed by atoms with Gasteiger partial charge in [0, 0.05) is 15.5 Å². The van der Waals surface area contributed by atoms with Gasteiger partial charge in [-0.2, -0.15) is 0 Å². The highest BCUT2D eigenvalue weighted by Crippen LogP contribution is 2.29. The quantitative estimate of drug-likeness (QED) is 0.675. The molecule has 0 saturated heterocycles. The summed E-state index contributed by atoms with van der Waals surface area (Å²) in [5.41, 5.74) is 2.34. The standard InChI is InChI=1S/C17H13BrN4O/c1-2-16(23)21-11-7-8-14-12(9-11)17(20-10-19-14)22-15-6-4-3-5-13(15)18/h2-10H,1H2,(H,21,23)(H,19,20,22). The van der Waals surface area contributed by atoms with Crippen LogP contribution in [0.2, 0.25) is 0 Å². The second-order valence-electron chi connectivity index (χ2n) is 4.75. The van der Waals surface area contributed by atoms with Crippen LogP contribution in [0.5, 0.6) is 0 Å². The molecule has 2 aromatic carbocycles. The molecule has 0 saturated carbocycles. The van der Waals surface area contributed by atoms with Crippen LogP contribution in [0, 0.1) is 0 Å². The van der Waals surface area contributed by atoms with Crippen molar-refractivity contribution in [3.8, 4) is 0 Å². The highest BCUT2D eigenvalue weighted by Gasteiger charge is 2.07. The van der Waals surface area contributed by atoms with Crippen LogP contribution in [0.25, 0.3) is 10.9 Å². The summed E-state index contributed by atoms with van der Waals surface area (Å²) >= 11 is 3.50. The lowest BCUT2D eigenvalue weighted by Gasteiger charge is -2.11. The van der Waals surface area contributed by atoms with Crippen molar-refractivity contribution in [3.05, 3.63) is 65.9 Å². The first-order valence-electron chi connectivity index (χ1n) is 6.87. The average Bonchev–Trinajstić information content (AvgIpc) is 2.57. The minimum Gasteiger partial charge on any atom is -0.339 e. The van der Waals surface area contributed by atoms with E-state index in [-0.39, 0.29) is 5.91 Å². The molecule has 0 radical (unpaired) electrons. The Morgan fingerprint density at radius 1 is 1.17 bits per heavy atom. The predicted octanol–water partition coefficient (Wildman–Crippen LogP) is 4.26. The number of carbonyl (C=O) groups excluding carboxylic acids is 1. The van der Waals surface area contributed by atoms with Crippen molar-refractivity contribution in [1.29, 1.82) is 0 Å². The van der Waals surface area contributed by atoms with Crippen LogP contribution >= 0.6 is 15.9 Å². The zero-order valence-corrected chi connectivity index (χ0v) is 13.7. The fraction of sp³-hybridized carbons (Fsp3) is 0. The van der Waals surface area contributed by atoms with Gasteiger partial charge in [-0.1, -0.05) is 18.7 Å². The van der Waals surface area contributed by atoms with E-state index in [1.165, 1.54) is 12.4 Å². The predicted molar refractivity (Wildman–Crippen MR) is 95.8 cm³/mol. The lowest BCUT2D eigenvalue weighted by molar-refractivity contribution is -0.111. The zero-order valence-electron chi connectivity index (χ0n) is 12.1. The highest BCUT2D eigenvalue weighted by molar-refractivity contribution is 9.10. The Bertz CT molecular complexity index is 895. The summed E-state index contributed by atoms with van der Waals surface area (Å²) in [5, 5.41) is 6.83. The van der Waals surface area contributed by atoms with Crippen LogP contribution in [0.15, 0.2) is 65.9 Å². The molecule has 0 fully saturated rings. The number of aromatic nitrogens is 2. The van der Waals surface area contributed by atoms with E-state index < -0.39 is 0 Å². The van der Waals surface area contributed by atoms with Crippen molar-refractivity contribution in [2.45, 2.75) is 0 Å². The number of amides is 1. The van der Waals surface area contributed by atoms with Crippen LogP contribution in [-0.4, -0.2) is 15.9 Å². The number of para-hydroxylation sites is 1. The molecule has 0 bridgehead atoms. The van der Waals surface area contributed by atoms with Gasteiger partial charge in [-0.25, -0.2) is 9.97 Å². The van der Waals surface area contributed by atoms with E-state index in [2.05, 4.69) is 43.1 Å². The number of nitrogens with one attached hydrogen (secondary N) is 2. The summed E-state index contributed by atoms with van der Waals surface area (Å²) in [6.07, 6.45) is 2.73. The van der Waals surface area contributed by atoms with E-state index in [1.807, 2.05) is 36.4 Å². The summed E-state index contributed by atoms with van der Waals surface area (Å²) in [5.74, 6) is 0.401. The molecule has 0 aliphatic heterocycles. The van der Waals surface area contributed by atoms with Gasteiger partial charge in [0.15, 0.2) is 0 Å². The molecule has 5 nitrogen and oxygen atoms in total. The fourth-order valence-electron chi connectivity index (χ4n) is 2.12. The maximum atomic E-state index is 11.5. The first-order valence-corrected chi connectivity index (χ1v) is 7.66. The maximum absolute atomic E-state index is 11.5. The van der Waals surface area contributed by atoms with E-state index in [4.69, 9.17) is 0 Å². The van der Waals surface area contributed by atoms with Crippen molar-refractivity contribution in [1.82, 2.24) is 9.97 Å². The number of anilines is 3. The van der Waals surface area contributed by atoms with E-state index >= 15 is 0 Å². The van der Waals surface area contributed by atoms with E-state index in [9.17, 15) is 4.79 Å². The topological polar surface area (TPSA) is 66.9 Å². The molecule has 0 unspecified atom stereocenters. The van der Waals surface area contributed by atoms with Crippen LogP contribution < -0.4 is 10.6 Å². The van der Waals surface area contributed by atoms with Gasteiger partial charge in [0.1, 0.15) is 12.1 Å². The molecular formula is C17H13BrN4O. The summed E-state index contributed by atoms with van der Waals surface area (Å²) in [6, 6.07) is 13.2. The highest BCUT2D eigenvalue weighted by atomic mass is 79.9. The van der Waals surface area contributed by atoms with Gasteiger partial charge < -0.3 is 10.6 Å². The molecule has 114 valence electrons. The Morgan fingerprint density at radius 2 is 2.00 bits per heavy atom. The molecule has 2 N–H and O–H groups in total. The van der Waals surface area contributed by atoms with E-state index in [0.717, 1.165) is 21.1 Å². The lowest BCUT2D eigenvalue weighted by Crippen LogP contribution is -2.07. The second kappa shape index (κ2) is 6.58. The zero-order chi connectivity index (χ0) is 16.2. The van der Waals surface area contributed by atoms with Crippen LogP contribution in [-0.2, 0) is 4.79 Å². The van der Waals surface area contributed by atoms with Gasteiger partial charge in [-0.15, -0.1) is 0 Å². The molecule has 0 aliphatic rings. The maximum Gasteiger partial charge on any atom is 0.247 e. The molecule has 6 heteroatoms. The summed E-state index contributed by atoms with van der Waals surface area (Å²) in [7, 11) is 0. The minimum absolute atomic E-state index is 0.262. The molecule has 0 aliphatic carbocycles. The Kier molecular flexibility index (Phi) is 4.34. The first-order chi connectivity index (χ1) is 11.2. The van der Waals surface area contributed by atoms with E-state index in [0.29, 0.717) is 11.5 Å².